The largest absolute Gasteiger partial charge is 0.334 e. The van der Waals surface area contributed by atoms with Crippen molar-refractivity contribution in [3.05, 3.63) is 45.0 Å². The van der Waals surface area contributed by atoms with Crippen LogP contribution in [0.2, 0.25) is 5.15 Å². The minimum absolute atomic E-state index is 0.00519. The highest BCUT2D eigenvalue weighted by Crippen LogP contribution is 2.33. The quantitative estimate of drug-likeness (QED) is 0.368. The van der Waals surface area contributed by atoms with Crippen molar-refractivity contribution in [1.82, 2.24) is 9.97 Å². The molecule has 0 aliphatic heterocycles. The highest BCUT2D eigenvalue weighted by Gasteiger charge is 2.26. The molecule has 0 saturated heterocycles. The van der Waals surface area contributed by atoms with Crippen molar-refractivity contribution in [1.29, 1.82) is 0 Å². The normalized spacial score (nSPS) is 10.8. The fourth-order valence-corrected chi connectivity index (χ4v) is 1.71. The van der Waals surface area contributed by atoms with Crippen LogP contribution in [0.5, 0.6) is 0 Å². The third kappa shape index (κ3) is 2.42. The van der Waals surface area contributed by atoms with Crippen molar-refractivity contribution in [3.8, 4) is 0 Å². The van der Waals surface area contributed by atoms with E-state index in [0.29, 0.717) is 0 Å². The van der Waals surface area contributed by atoms with E-state index in [1.807, 2.05) is 5.32 Å². The maximum atomic E-state index is 13.4. The van der Waals surface area contributed by atoms with Gasteiger partial charge in [-0.25, -0.2) is 31.9 Å². The van der Waals surface area contributed by atoms with Crippen LogP contribution in [-0.2, 0) is 0 Å². The fourth-order valence-electron chi connectivity index (χ4n) is 1.27. The summed E-state index contributed by atoms with van der Waals surface area (Å²) in [6.45, 7) is 0. The van der Waals surface area contributed by atoms with E-state index in [-0.39, 0.29) is 15.4 Å². The molecule has 0 amide bonds. The van der Waals surface area contributed by atoms with Crippen LogP contribution in [0.25, 0.3) is 0 Å². The lowest BCUT2D eigenvalue weighted by Crippen LogP contribution is -2.08. The molecule has 0 bridgehead atoms. The third-order valence-electron chi connectivity index (χ3n) is 2.20. The molecule has 0 unspecified atom stereocenters. The Morgan fingerprint density at radius 1 is 0.900 bits per heavy atom. The van der Waals surface area contributed by atoms with Crippen LogP contribution in [0.3, 0.4) is 0 Å². The second kappa shape index (κ2) is 5.49. The van der Waals surface area contributed by atoms with Gasteiger partial charge in [-0.3, -0.25) is 0 Å². The summed E-state index contributed by atoms with van der Waals surface area (Å²) < 4.78 is 65.8. The Morgan fingerprint density at radius 2 is 1.40 bits per heavy atom. The molecule has 2 aromatic rings. The molecule has 1 N–H and O–H groups in total. The number of benzene rings is 1. The van der Waals surface area contributed by atoms with Crippen LogP contribution in [0, 0.1) is 29.1 Å². The smallest absolute Gasteiger partial charge is 0.200 e. The first kappa shape index (κ1) is 14.9. The van der Waals surface area contributed by atoms with Gasteiger partial charge in [-0.2, -0.15) is 0 Å². The van der Waals surface area contributed by atoms with Gasteiger partial charge in [0, 0.05) is 0 Å². The van der Waals surface area contributed by atoms with Crippen molar-refractivity contribution >= 4 is 39.0 Å². The van der Waals surface area contributed by atoms with Crippen LogP contribution < -0.4 is 5.32 Å². The van der Waals surface area contributed by atoms with E-state index in [1.165, 1.54) is 0 Å². The minimum Gasteiger partial charge on any atom is -0.334 e. The summed E-state index contributed by atoms with van der Waals surface area (Å²) >= 11 is 8.53. The van der Waals surface area contributed by atoms with Gasteiger partial charge in [-0.05, 0) is 15.9 Å². The summed E-state index contributed by atoms with van der Waals surface area (Å²) in [5.41, 5.74) is -1.24. The zero-order valence-corrected chi connectivity index (χ0v) is 11.5. The molecule has 106 valence electrons. The number of hydrogen-bond acceptors (Lipinski definition) is 3. The molecule has 0 aliphatic carbocycles. The minimum atomic E-state index is -2.25. The van der Waals surface area contributed by atoms with Crippen LogP contribution in [0.1, 0.15) is 0 Å². The SMILES string of the molecule is Fc1c(F)c(F)c(Nc2ncnc(Cl)c2Br)c(F)c1F. The van der Waals surface area contributed by atoms with Crippen LogP contribution in [-0.4, -0.2) is 9.97 Å². The molecule has 0 radical (unpaired) electrons. The van der Waals surface area contributed by atoms with E-state index >= 15 is 0 Å². The summed E-state index contributed by atoms with van der Waals surface area (Å²) in [5.74, 6) is -10.7. The second-order valence-corrected chi connectivity index (χ2v) is 4.55. The summed E-state index contributed by atoms with van der Waals surface area (Å²) in [5, 5.41) is 1.87. The first-order valence-electron chi connectivity index (χ1n) is 4.79. The topological polar surface area (TPSA) is 37.8 Å². The highest BCUT2D eigenvalue weighted by molar-refractivity contribution is 9.10. The van der Waals surface area contributed by atoms with E-state index in [0.717, 1.165) is 6.33 Å². The zero-order valence-electron chi connectivity index (χ0n) is 9.12. The lowest BCUT2D eigenvalue weighted by atomic mass is 10.2. The number of hydrogen-bond donors (Lipinski definition) is 1. The Bertz CT molecular complexity index is 668. The van der Waals surface area contributed by atoms with Crippen molar-refractivity contribution < 1.29 is 22.0 Å². The molecule has 0 aliphatic rings. The van der Waals surface area contributed by atoms with Crippen molar-refractivity contribution in [3.63, 3.8) is 0 Å². The van der Waals surface area contributed by atoms with E-state index < -0.39 is 34.8 Å². The first-order valence-corrected chi connectivity index (χ1v) is 5.96. The number of halogens is 7. The molecule has 20 heavy (non-hydrogen) atoms. The Kier molecular flexibility index (Phi) is 4.09. The van der Waals surface area contributed by atoms with Gasteiger partial charge >= 0.3 is 0 Å². The van der Waals surface area contributed by atoms with E-state index in [1.54, 1.807) is 0 Å². The van der Waals surface area contributed by atoms with Crippen LogP contribution in [0.4, 0.5) is 33.5 Å². The monoisotopic (exact) mass is 373 g/mol. The maximum absolute atomic E-state index is 13.4. The summed E-state index contributed by atoms with van der Waals surface area (Å²) in [6.07, 6.45) is 0.946. The standard InChI is InChI=1S/C10H2BrClF5N3/c11-2-9(12)18-1-19-10(2)20-8-6(16)4(14)3(13)5(15)7(8)17/h1H,(H,18,19,20). The maximum Gasteiger partial charge on any atom is 0.200 e. The summed E-state index contributed by atoms with van der Waals surface area (Å²) in [7, 11) is 0. The van der Waals surface area contributed by atoms with Gasteiger partial charge in [0.1, 0.15) is 23.0 Å². The average Bonchev–Trinajstić information content (AvgIpc) is 2.43. The molecule has 0 atom stereocenters. The highest BCUT2D eigenvalue weighted by atomic mass is 79.9. The van der Waals surface area contributed by atoms with Crippen LogP contribution >= 0.6 is 27.5 Å². The Morgan fingerprint density at radius 3 is 1.95 bits per heavy atom. The van der Waals surface area contributed by atoms with Crippen molar-refractivity contribution in [2.45, 2.75) is 0 Å². The van der Waals surface area contributed by atoms with Gasteiger partial charge in [0.15, 0.2) is 23.3 Å². The Labute approximate surface area is 121 Å². The molecule has 10 heteroatoms. The molecule has 0 saturated carbocycles. The summed E-state index contributed by atoms with van der Waals surface area (Å²) in [6, 6.07) is 0. The predicted molar refractivity (Wildman–Crippen MR) is 64.3 cm³/mol. The van der Waals surface area contributed by atoms with E-state index in [4.69, 9.17) is 11.6 Å². The number of nitrogens with one attached hydrogen (secondary N) is 1. The number of aromatic nitrogens is 2. The zero-order chi connectivity index (χ0) is 15.0. The molecule has 1 aromatic carbocycles. The number of rotatable bonds is 2. The molecule has 0 fully saturated rings. The van der Waals surface area contributed by atoms with Gasteiger partial charge in [0.2, 0.25) is 5.82 Å². The van der Waals surface area contributed by atoms with Gasteiger partial charge < -0.3 is 5.32 Å². The van der Waals surface area contributed by atoms with Gasteiger partial charge in [0.25, 0.3) is 0 Å². The molecular weight excluding hydrogens is 372 g/mol. The molecule has 0 spiro atoms. The van der Waals surface area contributed by atoms with Gasteiger partial charge in [-0.1, -0.05) is 11.6 Å². The lowest BCUT2D eigenvalue weighted by molar-refractivity contribution is 0.382. The predicted octanol–water partition coefficient (Wildman–Crippen LogP) is 4.33. The van der Waals surface area contributed by atoms with Crippen molar-refractivity contribution in [2.75, 3.05) is 5.32 Å². The number of anilines is 2. The van der Waals surface area contributed by atoms with Crippen LogP contribution in [0.15, 0.2) is 10.8 Å². The van der Waals surface area contributed by atoms with E-state index in [9.17, 15) is 22.0 Å². The summed E-state index contributed by atoms with van der Waals surface area (Å²) in [4.78, 5) is 7.12. The van der Waals surface area contributed by atoms with Gasteiger partial charge in [0.05, 0.1) is 4.47 Å². The third-order valence-corrected chi connectivity index (χ3v) is 3.47. The molecule has 3 nitrogen and oxygen atoms in total. The molecule has 2 rings (SSSR count). The second-order valence-electron chi connectivity index (χ2n) is 3.40. The van der Waals surface area contributed by atoms with E-state index in [2.05, 4.69) is 25.9 Å². The Hall–Kier alpha value is -1.48. The average molecular weight is 374 g/mol. The molecule has 1 heterocycles. The number of nitrogens with zero attached hydrogens (tertiary/aromatic N) is 2. The lowest BCUT2D eigenvalue weighted by Gasteiger charge is -2.11. The fraction of sp³-hybridized carbons (Fsp3) is 0. The molecule has 1 aromatic heterocycles. The van der Waals surface area contributed by atoms with Crippen molar-refractivity contribution in [2.24, 2.45) is 0 Å². The molecular formula is C10H2BrClF5N3. The first-order chi connectivity index (χ1) is 9.34. The Balaban J connectivity index is 2.57. The van der Waals surface area contributed by atoms with Gasteiger partial charge in [-0.15, -0.1) is 0 Å².